The molecular weight excluding hydrogens is 251 g/mol. The number of amides is 1. The first-order valence-electron chi connectivity index (χ1n) is 5.98. The quantitative estimate of drug-likeness (QED) is 0.552. The molecule has 0 aromatic carbocycles. The lowest BCUT2D eigenvalue weighted by atomic mass is 10.0. The summed E-state index contributed by atoms with van der Waals surface area (Å²) in [6.07, 6.45) is -1.30. The molecule has 0 aliphatic heterocycles. The number of rotatable bonds is 9. The van der Waals surface area contributed by atoms with Crippen LogP contribution in [0.4, 0.5) is 13.2 Å². The molecule has 0 rings (SSSR count). The molecule has 0 saturated heterocycles. The Morgan fingerprint density at radius 2 is 1.61 bits per heavy atom. The van der Waals surface area contributed by atoms with E-state index >= 15 is 0 Å². The molecule has 0 fully saturated rings. The second kappa shape index (κ2) is 9.16. The van der Waals surface area contributed by atoms with Crippen molar-refractivity contribution in [3.05, 3.63) is 0 Å². The minimum absolute atomic E-state index is 0.0156. The molecule has 1 amide bonds. The van der Waals surface area contributed by atoms with E-state index in [0.717, 1.165) is 12.8 Å². The highest BCUT2D eigenvalue weighted by Gasteiger charge is 2.38. The van der Waals surface area contributed by atoms with Crippen molar-refractivity contribution in [2.45, 2.75) is 38.3 Å². The van der Waals surface area contributed by atoms with Crippen LogP contribution in [-0.4, -0.2) is 42.1 Å². The molecule has 3 N–H and O–H groups in total. The van der Waals surface area contributed by atoms with Crippen molar-refractivity contribution in [2.75, 3.05) is 19.8 Å². The number of aliphatic hydroxyl groups is 2. The van der Waals surface area contributed by atoms with Crippen LogP contribution in [0.2, 0.25) is 0 Å². The minimum atomic E-state index is -4.81. The maximum absolute atomic E-state index is 11.8. The Morgan fingerprint density at radius 1 is 1.06 bits per heavy atom. The van der Waals surface area contributed by atoms with Gasteiger partial charge in [-0.15, -0.1) is 0 Å². The molecule has 108 valence electrons. The first-order chi connectivity index (χ1) is 8.41. The van der Waals surface area contributed by atoms with Gasteiger partial charge in [-0.1, -0.05) is 19.3 Å². The number of aliphatic hydroxyl groups excluding tert-OH is 2. The molecule has 0 saturated carbocycles. The topological polar surface area (TPSA) is 69.6 Å². The van der Waals surface area contributed by atoms with Gasteiger partial charge in [0.1, 0.15) is 0 Å². The van der Waals surface area contributed by atoms with E-state index in [9.17, 15) is 18.0 Å². The number of halogens is 3. The summed E-state index contributed by atoms with van der Waals surface area (Å²) in [5.74, 6) is -2.02. The summed E-state index contributed by atoms with van der Waals surface area (Å²) in [4.78, 5) is 10.4. The summed E-state index contributed by atoms with van der Waals surface area (Å²) >= 11 is 0. The second-order valence-corrected chi connectivity index (χ2v) is 4.19. The normalized spacial score (nSPS) is 11.9. The molecule has 0 atom stereocenters. The Labute approximate surface area is 104 Å². The van der Waals surface area contributed by atoms with Gasteiger partial charge in [-0.05, 0) is 12.8 Å². The third-order valence-electron chi connectivity index (χ3n) is 2.60. The molecule has 0 radical (unpaired) electrons. The predicted octanol–water partition coefficient (Wildman–Crippen LogP) is 1.22. The smallest absolute Gasteiger partial charge is 0.396 e. The van der Waals surface area contributed by atoms with E-state index in [1.807, 2.05) is 0 Å². The van der Waals surface area contributed by atoms with Crippen molar-refractivity contribution >= 4 is 5.91 Å². The van der Waals surface area contributed by atoms with Gasteiger partial charge < -0.3 is 15.5 Å². The Balaban J connectivity index is 3.39. The van der Waals surface area contributed by atoms with E-state index in [2.05, 4.69) is 0 Å². The number of alkyl halides is 3. The maximum atomic E-state index is 11.8. The van der Waals surface area contributed by atoms with Gasteiger partial charge in [0, 0.05) is 25.7 Å². The van der Waals surface area contributed by atoms with Crippen LogP contribution in [0.3, 0.4) is 0 Å². The average Bonchev–Trinajstić information content (AvgIpc) is 2.31. The zero-order valence-electron chi connectivity index (χ0n) is 10.2. The molecule has 0 unspecified atom stereocenters. The van der Waals surface area contributed by atoms with E-state index in [-0.39, 0.29) is 25.7 Å². The standard InChI is InChI=1S/C11H20F3NO3/c12-11(13,14)10(18)15-6-4-2-1-3-5-9(7-16)8-17/h9,16-17H,1-8H2,(H,15,18). The van der Waals surface area contributed by atoms with Crippen molar-refractivity contribution in [3.8, 4) is 0 Å². The zero-order chi connectivity index (χ0) is 14.0. The Morgan fingerprint density at radius 3 is 2.11 bits per heavy atom. The van der Waals surface area contributed by atoms with Crippen LogP contribution in [0.15, 0.2) is 0 Å². The van der Waals surface area contributed by atoms with Gasteiger partial charge >= 0.3 is 12.1 Å². The van der Waals surface area contributed by atoms with Gasteiger partial charge in [0.25, 0.3) is 0 Å². The number of unbranched alkanes of at least 4 members (excludes halogenated alkanes) is 3. The lowest BCUT2D eigenvalue weighted by Gasteiger charge is -2.10. The van der Waals surface area contributed by atoms with Crippen LogP contribution in [0, 0.1) is 5.92 Å². The molecule has 0 aliphatic carbocycles. The maximum Gasteiger partial charge on any atom is 0.471 e. The monoisotopic (exact) mass is 271 g/mol. The summed E-state index contributed by atoms with van der Waals surface area (Å²) < 4.78 is 35.4. The van der Waals surface area contributed by atoms with Crippen LogP contribution in [0.25, 0.3) is 0 Å². The summed E-state index contributed by atoms with van der Waals surface area (Å²) in [7, 11) is 0. The number of carbonyl (C=O) groups excluding carboxylic acids is 1. The van der Waals surface area contributed by atoms with E-state index in [4.69, 9.17) is 10.2 Å². The molecule has 0 bridgehead atoms. The Bertz CT molecular complexity index is 230. The van der Waals surface area contributed by atoms with Gasteiger partial charge in [0.15, 0.2) is 0 Å². The van der Waals surface area contributed by atoms with Crippen LogP contribution in [0.1, 0.15) is 32.1 Å². The largest absolute Gasteiger partial charge is 0.471 e. The van der Waals surface area contributed by atoms with E-state index in [0.29, 0.717) is 19.3 Å². The van der Waals surface area contributed by atoms with Crippen LogP contribution < -0.4 is 5.32 Å². The van der Waals surface area contributed by atoms with Crippen molar-refractivity contribution in [3.63, 3.8) is 0 Å². The van der Waals surface area contributed by atoms with E-state index < -0.39 is 12.1 Å². The first kappa shape index (κ1) is 17.2. The van der Waals surface area contributed by atoms with Crippen molar-refractivity contribution in [1.82, 2.24) is 5.32 Å². The molecular formula is C11H20F3NO3. The lowest BCUT2D eigenvalue weighted by Crippen LogP contribution is -2.37. The highest BCUT2D eigenvalue weighted by atomic mass is 19.4. The summed E-state index contributed by atoms with van der Waals surface area (Å²) in [6.45, 7) is -0.0992. The van der Waals surface area contributed by atoms with Gasteiger partial charge in [-0.25, -0.2) is 0 Å². The van der Waals surface area contributed by atoms with Gasteiger partial charge in [-0.2, -0.15) is 13.2 Å². The third kappa shape index (κ3) is 8.30. The Hall–Kier alpha value is -0.820. The highest BCUT2D eigenvalue weighted by Crippen LogP contribution is 2.14. The van der Waals surface area contributed by atoms with Crippen LogP contribution in [-0.2, 0) is 4.79 Å². The average molecular weight is 271 g/mol. The first-order valence-corrected chi connectivity index (χ1v) is 5.98. The van der Waals surface area contributed by atoms with Gasteiger partial charge in [0.05, 0.1) is 0 Å². The minimum Gasteiger partial charge on any atom is -0.396 e. The number of hydrogen-bond donors (Lipinski definition) is 3. The number of hydrogen-bond acceptors (Lipinski definition) is 3. The van der Waals surface area contributed by atoms with Gasteiger partial charge in [0.2, 0.25) is 0 Å². The van der Waals surface area contributed by atoms with E-state index in [1.165, 1.54) is 0 Å². The van der Waals surface area contributed by atoms with Crippen molar-refractivity contribution in [1.29, 1.82) is 0 Å². The fourth-order valence-corrected chi connectivity index (χ4v) is 1.45. The van der Waals surface area contributed by atoms with Gasteiger partial charge in [-0.3, -0.25) is 4.79 Å². The molecule has 0 aromatic rings. The molecule has 0 spiro atoms. The third-order valence-corrected chi connectivity index (χ3v) is 2.60. The molecule has 0 heterocycles. The predicted molar refractivity (Wildman–Crippen MR) is 59.8 cm³/mol. The fraction of sp³-hybridized carbons (Fsp3) is 0.909. The summed E-state index contributed by atoms with van der Waals surface area (Å²) in [5, 5.41) is 19.4. The summed E-state index contributed by atoms with van der Waals surface area (Å²) in [5.41, 5.74) is 0. The second-order valence-electron chi connectivity index (χ2n) is 4.19. The molecule has 4 nitrogen and oxygen atoms in total. The molecule has 0 aliphatic rings. The van der Waals surface area contributed by atoms with Crippen molar-refractivity contribution < 1.29 is 28.2 Å². The molecule has 0 aromatic heterocycles. The Kier molecular flexibility index (Phi) is 8.74. The highest BCUT2D eigenvalue weighted by molar-refractivity contribution is 5.81. The molecule has 18 heavy (non-hydrogen) atoms. The fourth-order valence-electron chi connectivity index (χ4n) is 1.45. The van der Waals surface area contributed by atoms with Crippen LogP contribution >= 0.6 is 0 Å². The van der Waals surface area contributed by atoms with Crippen LogP contribution in [0.5, 0.6) is 0 Å². The summed E-state index contributed by atoms with van der Waals surface area (Å²) in [6, 6.07) is 0. The molecule has 7 heteroatoms. The zero-order valence-corrected chi connectivity index (χ0v) is 10.2. The number of carbonyl (C=O) groups is 1. The van der Waals surface area contributed by atoms with E-state index in [1.54, 1.807) is 5.32 Å². The number of nitrogens with one attached hydrogen (secondary N) is 1. The SMILES string of the molecule is O=C(NCCCCCCC(CO)CO)C(F)(F)F. The van der Waals surface area contributed by atoms with Crippen molar-refractivity contribution in [2.24, 2.45) is 5.92 Å². The lowest BCUT2D eigenvalue weighted by molar-refractivity contribution is -0.173.